The molecule has 0 heterocycles. The Morgan fingerprint density at radius 2 is 2.00 bits per heavy atom. The third kappa shape index (κ3) is 5.26. The smallest absolute Gasteiger partial charge is 0.305 e. The molecule has 0 radical (unpaired) electrons. The van der Waals surface area contributed by atoms with Gasteiger partial charge in [0.05, 0.1) is 23.5 Å². The lowest BCUT2D eigenvalue weighted by molar-refractivity contribution is -0.139. The molecule has 8 nitrogen and oxygen atoms in total. The van der Waals surface area contributed by atoms with E-state index in [1.54, 1.807) is 19.9 Å². The van der Waals surface area contributed by atoms with Gasteiger partial charge in [0.15, 0.2) is 0 Å². The van der Waals surface area contributed by atoms with Crippen LogP contribution in [0.2, 0.25) is 0 Å². The van der Waals surface area contributed by atoms with E-state index in [4.69, 9.17) is 9.84 Å². The van der Waals surface area contributed by atoms with Crippen LogP contribution in [0.3, 0.4) is 0 Å². The first-order chi connectivity index (χ1) is 12.1. The Hall–Kier alpha value is -1.97. The summed E-state index contributed by atoms with van der Waals surface area (Å²) in [6.07, 6.45) is 1.29. The molecule has 0 aromatic heterocycles. The molecule has 0 spiro atoms. The number of rotatable bonds is 9. The normalized spacial score (nSPS) is 16.7. The molecular formula is C17H24N2O6S. The first kappa shape index (κ1) is 20.3. The molecule has 144 valence electrons. The molecule has 3 N–H and O–H groups in total. The average molecular weight is 384 g/mol. The molecule has 1 unspecified atom stereocenters. The number of hydrogen-bond donors (Lipinski definition) is 3. The summed E-state index contributed by atoms with van der Waals surface area (Å²) in [6.45, 7) is 3.25. The Kier molecular flexibility index (Phi) is 6.05. The SMILES string of the molecule is COCC(C)(CC(=O)O)NC(=O)c1cc(S(=O)(=O)NC2CC2)ccc1C. The van der Waals surface area contributed by atoms with Crippen LogP contribution in [-0.4, -0.2) is 50.7 Å². The first-order valence-electron chi connectivity index (χ1n) is 8.22. The van der Waals surface area contributed by atoms with E-state index in [-0.39, 0.29) is 29.5 Å². The van der Waals surface area contributed by atoms with Gasteiger partial charge >= 0.3 is 5.97 Å². The van der Waals surface area contributed by atoms with E-state index < -0.39 is 27.4 Å². The van der Waals surface area contributed by atoms with Gasteiger partial charge in [0.2, 0.25) is 10.0 Å². The summed E-state index contributed by atoms with van der Waals surface area (Å²) in [5.41, 5.74) is -0.357. The number of carbonyl (C=O) groups is 2. The molecule has 1 aliphatic carbocycles. The van der Waals surface area contributed by atoms with Crippen LogP contribution in [0.1, 0.15) is 42.1 Å². The number of carboxylic acid groups (broad SMARTS) is 1. The van der Waals surface area contributed by atoms with E-state index in [1.165, 1.54) is 19.2 Å². The van der Waals surface area contributed by atoms with Crippen molar-refractivity contribution in [3.63, 3.8) is 0 Å². The molecular weight excluding hydrogens is 360 g/mol. The van der Waals surface area contributed by atoms with Gasteiger partial charge in [0.1, 0.15) is 0 Å². The second-order valence-electron chi connectivity index (χ2n) is 6.89. The van der Waals surface area contributed by atoms with Crippen molar-refractivity contribution < 1.29 is 27.9 Å². The molecule has 1 saturated carbocycles. The number of methoxy groups -OCH3 is 1. The molecule has 0 aliphatic heterocycles. The summed E-state index contributed by atoms with van der Waals surface area (Å²) >= 11 is 0. The van der Waals surface area contributed by atoms with Gasteiger partial charge in [-0.3, -0.25) is 9.59 Å². The number of hydrogen-bond acceptors (Lipinski definition) is 5. The number of sulfonamides is 1. The third-order valence-electron chi connectivity index (χ3n) is 4.08. The molecule has 1 fully saturated rings. The topological polar surface area (TPSA) is 122 Å². The number of aryl methyl sites for hydroxylation is 1. The molecule has 2 rings (SSSR count). The molecule has 1 aliphatic rings. The highest BCUT2D eigenvalue weighted by Crippen LogP contribution is 2.23. The lowest BCUT2D eigenvalue weighted by atomic mass is 9.97. The van der Waals surface area contributed by atoms with Crippen molar-refractivity contribution in [1.82, 2.24) is 10.0 Å². The van der Waals surface area contributed by atoms with Crippen molar-refractivity contribution in [3.05, 3.63) is 29.3 Å². The summed E-state index contributed by atoms with van der Waals surface area (Å²) in [5.74, 6) is -1.63. The minimum absolute atomic E-state index is 0.00527. The Morgan fingerprint density at radius 1 is 1.35 bits per heavy atom. The van der Waals surface area contributed by atoms with Crippen molar-refractivity contribution >= 4 is 21.9 Å². The average Bonchev–Trinajstić information content (AvgIpc) is 3.29. The Balaban J connectivity index is 2.27. The molecule has 0 saturated heterocycles. The molecule has 1 aromatic rings. The van der Waals surface area contributed by atoms with Crippen LogP contribution in [-0.2, 0) is 19.6 Å². The number of carboxylic acids is 1. The van der Waals surface area contributed by atoms with Gasteiger partial charge in [-0.15, -0.1) is 0 Å². The highest BCUT2D eigenvalue weighted by molar-refractivity contribution is 7.89. The van der Waals surface area contributed by atoms with Crippen molar-refractivity contribution in [2.45, 2.75) is 49.6 Å². The van der Waals surface area contributed by atoms with Gasteiger partial charge in [-0.2, -0.15) is 0 Å². The fraction of sp³-hybridized carbons (Fsp3) is 0.529. The maximum atomic E-state index is 12.7. The van der Waals surface area contributed by atoms with Crippen LogP contribution < -0.4 is 10.0 Å². The maximum absolute atomic E-state index is 12.7. The summed E-state index contributed by atoms with van der Waals surface area (Å²) in [7, 11) is -2.28. The number of carbonyl (C=O) groups excluding carboxylic acids is 1. The van der Waals surface area contributed by atoms with Crippen LogP contribution in [0.4, 0.5) is 0 Å². The quantitative estimate of drug-likeness (QED) is 0.585. The van der Waals surface area contributed by atoms with Crippen molar-refractivity contribution in [1.29, 1.82) is 0 Å². The second kappa shape index (κ2) is 7.73. The third-order valence-corrected chi connectivity index (χ3v) is 5.60. The van der Waals surface area contributed by atoms with Crippen LogP contribution in [0, 0.1) is 6.92 Å². The first-order valence-corrected chi connectivity index (χ1v) is 9.71. The van der Waals surface area contributed by atoms with Crippen LogP contribution in [0.15, 0.2) is 23.1 Å². The van der Waals surface area contributed by atoms with E-state index >= 15 is 0 Å². The number of nitrogens with one attached hydrogen (secondary N) is 2. The van der Waals surface area contributed by atoms with Crippen LogP contribution >= 0.6 is 0 Å². The summed E-state index contributed by atoms with van der Waals surface area (Å²) in [5, 5.41) is 11.7. The van der Waals surface area contributed by atoms with Gasteiger partial charge in [0, 0.05) is 18.7 Å². The summed E-state index contributed by atoms with van der Waals surface area (Å²) in [4.78, 5) is 23.8. The monoisotopic (exact) mass is 384 g/mol. The van der Waals surface area contributed by atoms with Crippen LogP contribution in [0.5, 0.6) is 0 Å². The number of amides is 1. The minimum Gasteiger partial charge on any atom is -0.481 e. The maximum Gasteiger partial charge on any atom is 0.305 e. The van der Waals surface area contributed by atoms with E-state index in [9.17, 15) is 18.0 Å². The highest BCUT2D eigenvalue weighted by atomic mass is 32.2. The van der Waals surface area contributed by atoms with E-state index in [2.05, 4.69) is 10.0 Å². The standard InChI is InChI=1S/C17H24N2O6S/c1-11-4-7-13(26(23,24)19-12-5-6-12)8-14(11)16(22)18-17(2,10-25-3)9-15(20)21/h4,7-8,12,19H,5-6,9-10H2,1-3H3,(H,18,22)(H,20,21). The molecule has 0 bridgehead atoms. The molecule has 1 atom stereocenters. The number of benzene rings is 1. The zero-order chi connectivity index (χ0) is 19.5. The Morgan fingerprint density at radius 3 is 2.54 bits per heavy atom. The largest absolute Gasteiger partial charge is 0.481 e. The molecule has 9 heteroatoms. The number of ether oxygens (including phenoxy) is 1. The van der Waals surface area contributed by atoms with Crippen molar-refractivity contribution in [2.75, 3.05) is 13.7 Å². The predicted molar refractivity (Wildman–Crippen MR) is 94.5 cm³/mol. The predicted octanol–water partition coefficient (Wildman–Crippen LogP) is 1.05. The molecule has 1 aromatic carbocycles. The lowest BCUT2D eigenvalue weighted by Gasteiger charge is -2.28. The molecule has 26 heavy (non-hydrogen) atoms. The molecule has 1 amide bonds. The van der Waals surface area contributed by atoms with Gasteiger partial charge in [-0.25, -0.2) is 13.1 Å². The number of aliphatic carboxylic acids is 1. The van der Waals surface area contributed by atoms with E-state index in [0.29, 0.717) is 5.56 Å². The van der Waals surface area contributed by atoms with Gasteiger partial charge < -0.3 is 15.2 Å². The minimum atomic E-state index is -3.69. The fourth-order valence-electron chi connectivity index (χ4n) is 2.63. The highest BCUT2D eigenvalue weighted by Gasteiger charge is 2.32. The summed E-state index contributed by atoms with van der Waals surface area (Å²) < 4.78 is 32.3. The van der Waals surface area contributed by atoms with E-state index in [1.807, 2.05) is 0 Å². The van der Waals surface area contributed by atoms with Crippen LogP contribution in [0.25, 0.3) is 0 Å². The van der Waals surface area contributed by atoms with Crippen molar-refractivity contribution in [2.24, 2.45) is 0 Å². The van der Waals surface area contributed by atoms with Gasteiger partial charge in [-0.1, -0.05) is 6.07 Å². The lowest BCUT2D eigenvalue weighted by Crippen LogP contribution is -2.51. The Bertz CT molecular complexity index is 803. The van der Waals surface area contributed by atoms with E-state index in [0.717, 1.165) is 12.8 Å². The van der Waals surface area contributed by atoms with Gasteiger partial charge in [0.25, 0.3) is 5.91 Å². The summed E-state index contributed by atoms with van der Waals surface area (Å²) in [6, 6.07) is 4.27. The zero-order valence-electron chi connectivity index (χ0n) is 15.0. The zero-order valence-corrected chi connectivity index (χ0v) is 15.9. The van der Waals surface area contributed by atoms with Gasteiger partial charge in [-0.05, 0) is 44.4 Å². The van der Waals surface area contributed by atoms with Crippen molar-refractivity contribution in [3.8, 4) is 0 Å². The fourth-order valence-corrected chi connectivity index (χ4v) is 3.96. The second-order valence-corrected chi connectivity index (χ2v) is 8.60. The Labute approximate surface area is 153 Å².